The first kappa shape index (κ1) is 12.3. The molecule has 0 bridgehead atoms. The minimum atomic E-state index is -0.821. The van der Waals surface area contributed by atoms with Crippen molar-refractivity contribution in [2.45, 2.75) is 0 Å². The van der Waals surface area contributed by atoms with Crippen LogP contribution in [0.25, 0.3) is 0 Å². The molecule has 0 aromatic rings. The van der Waals surface area contributed by atoms with E-state index in [1.54, 1.807) is 18.2 Å². The number of rotatable bonds is 5. The molecule has 0 aromatic carbocycles. The SMILES string of the molecule is [B]C(=O)OC/C(C=C)=C/C=C(/N)C=C. The van der Waals surface area contributed by atoms with E-state index in [4.69, 9.17) is 13.6 Å². The monoisotopic (exact) mass is 189 g/mol. The number of nitrogens with two attached hydrogens (primary N) is 1. The van der Waals surface area contributed by atoms with Gasteiger partial charge in [-0.1, -0.05) is 25.3 Å². The summed E-state index contributed by atoms with van der Waals surface area (Å²) < 4.78 is 4.56. The minimum absolute atomic E-state index is 0.0831. The summed E-state index contributed by atoms with van der Waals surface area (Å²) in [5, 5.41) is 0. The fourth-order valence-electron chi connectivity index (χ4n) is 0.601. The zero-order valence-electron chi connectivity index (χ0n) is 7.90. The Morgan fingerprint density at radius 3 is 2.43 bits per heavy atom. The molecule has 2 N–H and O–H groups in total. The highest BCUT2D eigenvalue weighted by atomic mass is 16.5. The molecule has 3 nitrogen and oxygen atoms in total. The van der Waals surface area contributed by atoms with Gasteiger partial charge in [0.1, 0.15) is 6.61 Å². The lowest BCUT2D eigenvalue weighted by Crippen LogP contribution is -2.03. The van der Waals surface area contributed by atoms with Crippen LogP contribution < -0.4 is 5.73 Å². The molecular formula is C10H12BNO2. The van der Waals surface area contributed by atoms with Crippen molar-refractivity contribution in [2.24, 2.45) is 5.73 Å². The van der Waals surface area contributed by atoms with Gasteiger partial charge in [0.25, 0.3) is 0 Å². The molecule has 72 valence electrons. The van der Waals surface area contributed by atoms with Crippen molar-refractivity contribution in [1.29, 1.82) is 0 Å². The van der Waals surface area contributed by atoms with Crippen LogP contribution in [0.3, 0.4) is 0 Å². The van der Waals surface area contributed by atoms with Gasteiger partial charge in [0.2, 0.25) is 13.7 Å². The van der Waals surface area contributed by atoms with Gasteiger partial charge in [-0.05, 0) is 17.7 Å². The van der Waals surface area contributed by atoms with Gasteiger partial charge >= 0.3 is 0 Å². The highest BCUT2D eigenvalue weighted by Gasteiger charge is 1.94. The quantitative estimate of drug-likeness (QED) is 0.525. The molecular weight excluding hydrogens is 177 g/mol. The maximum Gasteiger partial charge on any atom is 0.236 e. The minimum Gasteiger partial charge on any atom is -0.470 e. The van der Waals surface area contributed by atoms with E-state index in [0.29, 0.717) is 11.3 Å². The Bertz CT molecular complexity index is 292. The van der Waals surface area contributed by atoms with Crippen molar-refractivity contribution < 1.29 is 9.53 Å². The van der Waals surface area contributed by atoms with Gasteiger partial charge in [-0.25, -0.2) is 0 Å². The van der Waals surface area contributed by atoms with E-state index in [9.17, 15) is 4.79 Å². The maximum atomic E-state index is 10.3. The average molecular weight is 189 g/mol. The topological polar surface area (TPSA) is 52.3 Å². The van der Waals surface area contributed by atoms with Crippen LogP contribution >= 0.6 is 0 Å². The summed E-state index contributed by atoms with van der Waals surface area (Å²) in [6.07, 6.45) is 6.36. The van der Waals surface area contributed by atoms with E-state index in [1.165, 1.54) is 6.08 Å². The van der Waals surface area contributed by atoms with Crippen LogP contribution in [0.1, 0.15) is 0 Å². The molecule has 0 fully saturated rings. The van der Waals surface area contributed by atoms with Gasteiger partial charge in [0.05, 0.1) is 0 Å². The van der Waals surface area contributed by atoms with Crippen LogP contribution in [0, 0.1) is 0 Å². The number of hydrogen-bond acceptors (Lipinski definition) is 3. The van der Waals surface area contributed by atoms with E-state index in [1.807, 2.05) is 0 Å². The summed E-state index contributed by atoms with van der Waals surface area (Å²) in [5.41, 5.74) is 6.68. The molecule has 0 saturated heterocycles. The molecule has 0 aliphatic heterocycles. The lowest BCUT2D eigenvalue weighted by molar-refractivity contribution is 0.184. The van der Waals surface area contributed by atoms with Gasteiger partial charge in [-0.3, -0.25) is 4.79 Å². The third-order valence-electron chi connectivity index (χ3n) is 1.37. The van der Waals surface area contributed by atoms with Gasteiger partial charge in [0, 0.05) is 5.70 Å². The molecule has 0 amide bonds. The summed E-state index contributed by atoms with van der Waals surface area (Å²) in [4.78, 5) is 10.3. The lowest BCUT2D eigenvalue weighted by atomic mass is 10.2. The first-order valence-electron chi connectivity index (χ1n) is 3.93. The van der Waals surface area contributed by atoms with Crippen molar-refractivity contribution in [3.05, 3.63) is 48.7 Å². The van der Waals surface area contributed by atoms with E-state index >= 15 is 0 Å². The molecule has 0 aliphatic carbocycles. The number of carbonyl (C=O) groups excluding carboxylic acids is 1. The fraction of sp³-hybridized carbons (Fsp3) is 0.100. The summed E-state index contributed by atoms with van der Waals surface area (Å²) in [5.74, 6) is -0.821. The number of carbonyl (C=O) groups is 1. The molecule has 0 rings (SSSR count). The second-order valence-electron chi connectivity index (χ2n) is 2.42. The molecule has 0 aliphatic rings. The first-order valence-corrected chi connectivity index (χ1v) is 3.93. The second kappa shape index (κ2) is 6.77. The van der Waals surface area contributed by atoms with Crippen molar-refractivity contribution in [2.75, 3.05) is 6.61 Å². The van der Waals surface area contributed by atoms with Gasteiger partial charge in [-0.15, -0.1) is 0 Å². The van der Waals surface area contributed by atoms with Crippen LogP contribution in [0.2, 0.25) is 0 Å². The van der Waals surface area contributed by atoms with Gasteiger partial charge in [0.15, 0.2) is 0 Å². The van der Waals surface area contributed by atoms with Crippen LogP contribution in [-0.4, -0.2) is 20.3 Å². The summed E-state index contributed by atoms with van der Waals surface area (Å²) in [7, 11) is 4.80. The predicted molar refractivity (Wildman–Crippen MR) is 57.8 cm³/mol. The molecule has 14 heavy (non-hydrogen) atoms. The predicted octanol–water partition coefficient (Wildman–Crippen LogP) is 1.43. The third kappa shape index (κ3) is 5.88. The maximum absolute atomic E-state index is 10.3. The Morgan fingerprint density at radius 1 is 1.36 bits per heavy atom. The van der Waals surface area contributed by atoms with Gasteiger partial charge < -0.3 is 10.5 Å². The van der Waals surface area contributed by atoms with Crippen LogP contribution in [0.4, 0.5) is 4.79 Å². The van der Waals surface area contributed by atoms with Gasteiger partial charge in [-0.2, -0.15) is 0 Å². The highest BCUT2D eigenvalue weighted by molar-refractivity contribution is 6.55. The molecule has 0 aromatic heterocycles. The largest absolute Gasteiger partial charge is 0.470 e. The van der Waals surface area contributed by atoms with E-state index < -0.39 is 5.87 Å². The number of allylic oxidation sites excluding steroid dienone is 3. The van der Waals surface area contributed by atoms with E-state index in [-0.39, 0.29) is 6.61 Å². The van der Waals surface area contributed by atoms with Crippen LogP contribution in [0.5, 0.6) is 0 Å². The Morgan fingerprint density at radius 2 is 2.00 bits per heavy atom. The average Bonchev–Trinajstić information content (AvgIpc) is 2.17. The van der Waals surface area contributed by atoms with Crippen LogP contribution in [0.15, 0.2) is 48.7 Å². The van der Waals surface area contributed by atoms with Crippen molar-refractivity contribution >= 4 is 13.7 Å². The second-order valence-corrected chi connectivity index (χ2v) is 2.42. The Hall–Kier alpha value is -1.71. The Labute approximate surface area is 85.0 Å². The molecule has 0 unspecified atom stereocenters. The Balaban J connectivity index is 4.32. The highest BCUT2D eigenvalue weighted by Crippen LogP contribution is 1.99. The van der Waals surface area contributed by atoms with E-state index in [2.05, 4.69) is 17.9 Å². The summed E-state index contributed by atoms with van der Waals surface area (Å²) >= 11 is 0. The molecule has 0 atom stereocenters. The molecule has 0 spiro atoms. The normalized spacial score (nSPS) is 12.0. The van der Waals surface area contributed by atoms with Crippen LogP contribution in [-0.2, 0) is 4.74 Å². The smallest absolute Gasteiger partial charge is 0.236 e. The van der Waals surface area contributed by atoms with Crippen molar-refractivity contribution in [1.82, 2.24) is 0 Å². The van der Waals surface area contributed by atoms with E-state index in [0.717, 1.165) is 0 Å². The molecule has 0 saturated carbocycles. The molecule has 4 heteroatoms. The standard InChI is InChI=1S/C10H12BNO2/c1-3-8(7-14-10(11)13)5-6-9(12)4-2/h3-6H,1-2,7,12H2/b8-5+,9-6+. The summed E-state index contributed by atoms with van der Waals surface area (Å²) in [6.45, 7) is 7.11. The lowest BCUT2D eigenvalue weighted by Gasteiger charge is -2.01. The zero-order chi connectivity index (χ0) is 11.0. The first-order chi connectivity index (χ1) is 6.60. The van der Waals surface area contributed by atoms with Crippen molar-refractivity contribution in [3.63, 3.8) is 0 Å². The number of ether oxygens (including phenoxy) is 1. The Kier molecular flexibility index (Phi) is 5.95. The number of hydrogen-bond donors (Lipinski definition) is 1. The van der Waals surface area contributed by atoms with Crippen molar-refractivity contribution in [3.8, 4) is 0 Å². The molecule has 0 heterocycles. The summed E-state index contributed by atoms with van der Waals surface area (Å²) in [6, 6.07) is 0. The molecule has 2 radical (unpaired) electrons. The third-order valence-corrected chi connectivity index (χ3v) is 1.37. The fourth-order valence-corrected chi connectivity index (χ4v) is 0.601. The zero-order valence-corrected chi connectivity index (χ0v) is 7.90.